The Morgan fingerprint density at radius 1 is 1.38 bits per heavy atom. The molecule has 1 N–H and O–H groups in total. The van der Waals surface area contributed by atoms with Crippen LogP contribution in [0.1, 0.15) is 46.5 Å². The molecule has 2 unspecified atom stereocenters. The van der Waals surface area contributed by atoms with E-state index in [0.717, 1.165) is 16.9 Å². The summed E-state index contributed by atoms with van der Waals surface area (Å²) in [6.07, 6.45) is 5.48. The molecule has 2 atom stereocenters. The largest absolute Gasteiger partial charge is 0.390 e. The van der Waals surface area contributed by atoms with E-state index in [1.54, 1.807) is 0 Å². The number of rotatable bonds is 3. The van der Waals surface area contributed by atoms with Gasteiger partial charge in [0.05, 0.1) is 5.60 Å². The summed E-state index contributed by atoms with van der Waals surface area (Å²) in [5.41, 5.74) is -0.495. The molecule has 0 amide bonds. The zero-order chi connectivity index (χ0) is 9.90. The molecule has 1 aliphatic carbocycles. The van der Waals surface area contributed by atoms with Crippen molar-refractivity contribution in [3.63, 3.8) is 0 Å². The van der Waals surface area contributed by atoms with Gasteiger partial charge in [0.2, 0.25) is 0 Å². The quantitative estimate of drug-likeness (QED) is 0.759. The minimum absolute atomic E-state index is 0.495. The van der Waals surface area contributed by atoms with Gasteiger partial charge in [0.1, 0.15) is 0 Å². The van der Waals surface area contributed by atoms with E-state index >= 15 is 0 Å². The maximum atomic E-state index is 9.59. The summed E-state index contributed by atoms with van der Waals surface area (Å²) in [5, 5.41) is 10.4. The number of hydrogen-bond acceptors (Lipinski definition) is 2. The number of thioether (sulfide) groups is 1. The molecule has 0 bridgehead atoms. The normalized spacial score (nSPS) is 30.5. The van der Waals surface area contributed by atoms with Crippen LogP contribution >= 0.6 is 11.8 Å². The average molecular weight is 202 g/mol. The summed E-state index contributed by atoms with van der Waals surface area (Å²) in [5.74, 6) is 1.78. The predicted octanol–water partition coefficient (Wildman–Crippen LogP) is 3.07. The average Bonchev–Trinajstić information content (AvgIpc) is 2.00. The maximum Gasteiger partial charge on any atom is 0.0681 e. The number of aliphatic hydroxyl groups is 1. The third-order valence-electron chi connectivity index (χ3n) is 2.56. The van der Waals surface area contributed by atoms with E-state index in [4.69, 9.17) is 0 Å². The summed E-state index contributed by atoms with van der Waals surface area (Å²) in [6, 6.07) is 0. The summed E-state index contributed by atoms with van der Waals surface area (Å²) >= 11 is 1.96. The minimum Gasteiger partial charge on any atom is -0.390 e. The second-order valence-electron chi connectivity index (χ2n) is 5.02. The summed E-state index contributed by atoms with van der Waals surface area (Å²) in [6.45, 7) is 6.13. The Kier molecular flexibility index (Phi) is 4.11. The lowest BCUT2D eigenvalue weighted by Crippen LogP contribution is -2.25. The third-order valence-corrected chi connectivity index (χ3v) is 4.33. The molecule has 1 fully saturated rings. The third kappa shape index (κ3) is 4.92. The first kappa shape index (κ1) is 11.4. The van der Waals surface area contributed by atoms with Crippen LogP contribution in [0.2, 0.25) is 0 Å². The van der Waals surface area contributed by atoms with E-state index in [9.17, 15) is 5.11 Å². The van der Waals surface area contributed by atoms with Gasteiger partial charge in [-0.1, -0.05) is 19.8 Å². The Labute approximate surface area is 86.3 Å². The molecule has 1 aliphatic rings. The lowest BCUT2D eigenvalue weighted by molar-refractivity contribution is 0.106. The van der Waals surface area contributed by atoms with Gasteiger partial charge in [-0.3, -0.25) is 0 Å². The van der Waals surface area contributed by atoms with Gasteiger partial charge in [0, 0.05) is 11.0 Å². The van der Waals surface area contributed by atoms with Gasteiger partial charge in [-0.05, 0) is 32.6 Å². The second-order valence-corrected chi connectivity index (χ2v) is 6.31. The molecule has 13 heavy (non-hydrogen) atoms. The van der Waals surface area contributed by atoms with Crippen molar-refractivity contribution >= 4 is 11.8 Å². The monoisotopic (exact) mass is 202 g/mol. The zero-order valence-electron chi connectivity index (χ0n) is 9.05. The van der Waals surface area contributed by atoms with Gasteiger partial charge in [-0.2, -0.15) is 11.8 Å². The highest BCUT2D eigenvalue weighted by atomic mass is 32.2. The highest BCUT2D eigenvalue weighted by molar-refractivity contribution is 7.99. The molecule has 0 radical (unpaired) electrons. The molecule has 2 heteroatoms. The first-order valence-corrected chi connectivity index (χ1v) is 6.36. The van der Waals surface area contributed by atoms with Crippen LogP contribution in [0.4, 0.5) is 0 Å². The summed E-state index contributed by atoms with van der Waals surface area (Å²) in [4.78, 5) is 0. The molecule has 0 aromatic heterocycles. The van der Waals surface area contributed by atoms with Crippen molar-refractivity contribution in [1.82, 2.24) is 0 Å². The smallest absolute Gasteiger partial charge is 0.0681 e. The Bertz CT molecular complexity index is 151. The Hall–Kier alpha value is 0.310. The molecule has 0 heterocycles. The lowest BCUT2D eigenvalue weighted by atomic mass is 9.91. The van der Waals surface area contributed by atoms with Crippen LogP contribution in [0.3, 0.4) is 0 Å². The Morgan fingerprint density at radius 2 is 2.08 bits per heavy atom. The minimum atomic E-state index is -0.495. The SMILES string of the molecule is CC1CCCC(SCC(C)(C)O)C1. The summed E-state index contributed by atoms with van der Waals surface area (Å²) < 4.78 is 0. The van der Waals surface area contributed by atoms with Crippen LogP contribution in [0.15, 0.2) is 0 Å². The van der Waals surface area contributed by atoms with Gasteiger partial charge >= 0.3 is 0 Å². The Balaban J connectivity index is 2.21. The van der Waals surface area contributed by atoms with Crippen molar-refractivity contribution in [1.29, 1.82) is 0 Å². The fourth-order valence-electron chi connectivity index (χ4n) is 1.85. The van der Waals surface area contributed by atoms with Crippen molar-refractivity contribution in [3.05, 3.63) is 0 Å². The van der Waals surface area contributed by atoms with E-state index in [0.29, 0.717) is 0 Å². The second kappa shape index (κ2) is 4.70. The van der Waals surface area contributed by atoms with Gasteiger partial charge in [-0.25, -0.2) is 0 Å². The van der Waals surface area contributed by atoms with Crippen molar-refractivity contribution in [2.75, 3.05) is 5.75 Å². The van der Waals surface area contributed by atoms with E-state index in [1.165, 1.54) is 25.7 Å². The van der Waals surface area contributed by atoms with Gasteiger partial charge < -0.3 is 5.11 Å². The van der Waals surface area contributed by atoms with Crippen molar-refractivity contribution in [3.8, 4) is 0 Å². The summed E-state index contributed by atoms with van der Waals surface area (Å²) in [7, 11) is 0. The molecular weight excluding hydrogens is 180 g/mol. The van der Waals surface area contributed by atoms with Gasteiger partial charge in [0.25, 0.3) is 0 Å². The van der Waals surface area contributed by atoms with Crippen LogP contribution in [0.5, 0.6) is 0 Å². The molecule has 0 aromatic carbocycles. The molecule has 0 aliphatic heterocycles. The highest BCUT2D eigenvalue weighted by Crippen LogP contribution is 2.33. The van der Waals surface area contributed by atoms with E-state index < -0.39 is 5.60 Å². The standard InChI is InChI=1S/C11H22OS/c1-9-5-4-6-10(7-9)13-8-11(2,3)12/h9-10,12H,4-8H2,1-3H3. The first-order valence-electron chi connectivity index (χ1n) is 5.31. The molecular formula is C11H22OS. The first-order chi connectivity index (χ1) is 5.97. The molecule has 78 valence electrons. The van der Waals surface area contributed by atoms with Crippen LogP contribution in [-0.4, -0.2) is 21.7 Å². The van der Waals surface area contributed by atoms with Crippen LogP contribution in [0.25, 0.3) is 0 Å². The fraction of sp³-hybridized carbons (Fsp3) is 1.00. The molecule has 1 nitrogen and oxygen atoms in total. The van der Waals surface area contributed by atoms with Crippen LogP contribution < -0.4 is 0 Å². The maximum absolute atomic E-state index is 9.59. The van der Waals surface area contributed by atoms with Crippen LogP contribution in [-0.2, 0) is 0 Å². The van der Waals surface area contributed by atoms with Crippen LogP contribution in [0, 0.1) is 5.92 Å². The predicted molar refractivity (Wildman–Crippen MR) is 60.2 cm³/mol. The highest BCUT2D eigenvalue weighted by Gasteiger charge is 2.22. The lowest BCUT2D eigenvalue weighted by Gasteiger charge is -2.28. The van der Waals surface area contributed by atoms with Crippen molar-refractivity contribution < 1.29 is 5.11 Å². The molecule has 1 rings (SSSR count). The van der Waals surface area contributed by atoms with Gasteiger partial charge in [0.15, 0.2) is 0 Å². The molecule has 0 spiro atoms. The topological polar surface area (TPSA) is 20.2 Å². The molecule has 0 aromatic rings. The van der Waals surface area contributed by atoms with E-state index in [2.05, 4.69) is 6.92 Å². The van der Waals surface area contributed by atoms with E-state index in [1.807, 2.05) is 25.6 Å². The zero-order valence-corrected chi connectivity index (χ0v) is 9.86. The fourth-order valence-corrected chi connectivity index (χ4v) is 3.29. The molecule has 0 saturated heterocycles. The van der Waals surface area contributed by atoms with Gasteiger partial charge in [-0.15, -0.1) is 0 Å². The molecule has 1 saturated carbocycles. The van der Waals surface area contributed by atoms with Crippen molar-refractivity contribution in [2.24, 2.45) is 5.92 Å². The number of hydrogen-bond donors (Lipinski definition) is 1. The van der Waals surface area contributed by atoms with Crippen molar-refractivity contribution in [2.45, 2.75) is 57.3 Å². The van der Waals surface area contributed by atoms with E-state index in [-0.39, 0.29) is 0 Å². The Morgan fingerprint density at radius 3 is 2.62 bits per heavy atom.